The molecule has 0 aliphatic carbocycles. The highest BCUT2D eigenvalue weighted by molar-refractivity contribution is 5.77. The molecule has 0 aromatic heterocycles. The summed E-state index contributed by atoms with van der Waals surface area (Å²) in [7, 11) is 3.24. The zero-order valence-corrected chi connectivity index (χ0v) is 14.7. The van der Waals surface area contributed by atoms with Gasteiger partial charge in [0.05, 0.1) is 34.0 Å². The van der Waals surface area contributed by atoms with Crippen molar-refractivity contribution in [2.24, 2.45) is 10.7 Å². The maximum Gasteiger partial charge on any atom is 0.188 e. The zero-order valence-electron chi connectivity index (χ0n) is 14.7. The summed E-state index contributed by atoms with van der Waals surface area (Å²) in [6, 6.07) is 6.12. The predicted octanol–water partition coefficient (Wildman–Crippen LogP) is 0.829. The van der Waals surface area contributed by atoms with E-state index in [1.807, 2.05) is 18.2 Å². The summed E-state index contributed by atoms with van der Waals surface area (Å²) in [6.45, 7) is 6.96. The molecule has 1 unspecified atom stereocenters. The molecule has 7 nitrogen and oxygen atoms in total. The Balaban J connectivity index is 1.82. The Labute approximate surface area is 143 Å². The Bertz CT molecular complexity index is 545. The van der Waals surface area contributed by atoms with Gasteiger partial charge in [0, 0.05) is 25.7 Å². The van der Waals surface area contributed by atoms with Gasteiger partial charge in [-0.25, -0.2) is 4.99 Å². The van der Waals surface area contributed by atoms with E-state index in [1.165, 1.54) is 0 Å². The van der Waals surface area contributed by atoms with Crippen LogP contribution in [0.25, 0.3) is 0 Å². The fourth-order valence-corrected chi connectivity index (χ4v) is 2.61. The summed E-state index contributed by atoms with van der Waals surface area (Å²) in [5.74, 6) is 1.85. The summed E-state index contributed by atoms with van der Waals surface area (Å²) < 4.78 is 15.9. The second kappa shape index (κ2) is 9.34. The summed E-state index contributed by atoms with van der Waals surface area (Å²) in [5, 5.41) is 3.19. The second-order valence-corrected chi connectivity index (χ2v) is 5.77. The molecule has 134 valence electrons. The van der Waals surface area contributed by atoms with Crippen molar-refractivity contribution in [1.29, 1.82) is 0 Å². The first-order chi connectivity index (χ1) is 11.6. The molecule has 1 aliphatic heterocycles. The highest BCUT2D eigenvalue weighted by Gasteiger charge is 2.16. The van der Waals surface area contributed by atoms with Crippen LogP contribution in [0.1, 0.15) is 12.5 Å². The van der Waals surface area contributed by atoms with E-state index in [0.29, 0.717) is 30.0 Å². The number of hydrogen-bond acceptors (Lipinski definition) is 5. The van der Waals surface area contributed by atoms with E-state index in [9.17, 15) is 0 Å². The number of nitrogens with zero attached hydrogens (tertiary/aromatic N) is 2. The van der Waals surface area contributed by atoms with Gasteiger partial charge in [0.2, 0.25) is 0 Å². The Morgan fingerprint density at radius 2 is 2.00 bits per heavy atom. The molecule has 1 saturated heterocycles. The number of guanidine groups is 1. The van der Waals surface area contributed by atoms with Crippen LogP contribution in [0.5, 0.6) is 11.5 Å². The first kappa shape index (κ1) is 18.4. The van der Waals surface area contributed by atoms with Crippen LogP contribution >= 0.6 is 0 Å². The number of methoxy groups -OCH3 is 2. The van der Waals surface area contributed by atoms with Crippen molar-refractivity contribution in [1.82, 2.24) is 10.2 Å². The summed E-state index contributed by atoms with van der Waals surface area (Å²) in [6.07, 6.45) is 0. The van der Waals surface area contributed by atoms with Crippen molar-refractivity contribution in [3.63, 3.8) is 0 Å². The summed E-state index contributed by atoms with van der Waals surface area (Å²) in [5.41, 5.74) is 6.98. The maximum absolute atomic E-state index is 5.97. The minimum absolute atomic E-state index is 0.392. The van der Waals surface area contributed by atoms with Crippen molar-refractivity contribution in [3.8, 4) is 11.5 Å². The van der Waals surface area contributed by atoms with E-state index >= 15 is 0 Å². The number of aliphatic imine (C=N–C) groups is 1. The molecular formula is C17H28N4O3. The molecule has 1 aromatic rings. The van der Waals surface area contributed by atoms with E-state index in [-0.39, 0.29) is 0 Å². The molecule has 1 aromatic carbocycles. The van der Waals surface area contributed by atoms with Crippen LogP contribution in [0.15, 0.2) is 23.2 Å². The van der Waals surface area contributed by atoms with Crippen molar-refractivity contribution in [2.45, 2.75) is 19.5 Å². The molecule has 24 heavy (non-hydrogen) atoms. The van der Waals surface area contributed by atoms with Crippen LogP contribution in [0, 0.1) is 0 Å². The SMILES string of the molecule is COc1ccc(CN=C(N)NCC(C)N2CCOCC2)cc1OC. The van der Waals surface area contributed by atoms with Crippen LogP contribution in [-0.2, 0) is 11.3 Å². The first-order valence-corrected chi connectivity index (χ1v) is 8.20. The van der Waals surface area contributed by atoms with E-state index in [0.717, 1.165) is 38.4 Å². The molecule has 1 aliphatic rings. The van der Waals surface area contributed by atoms with Gasteiger partial charge in [-0.05, 0) is 24.6 Å². The third-order valence-corrected chi connectivity index (χ3v) is 4.13. The average molecular weight is 336 g/mol. The van der Waals surface area contributed by atoms with E-state index in [2.05, 4.69) is 22.1 Å². The number of ether oxygens (including phenoxy) is 3. The molecule has 0 bridgehead atoms. The van der Waals surface area contributed by atoms with E-state index in [1.54, 1.807) is 14.2 Å². The fourth-order valence-electron chi connectivity index (χ4n) is 2.61. The zero-order chi connectivity index (χ0) is 17.4. The second-order valence-electron chi connectivity index (χ2n) is 5.77. The van der Waals surface area contributed by atoms with Gasteiger partial charge >= 0.3 is 0 Å². The molecule has 2 rings (SSSR count). The van der Waals surface area contributed by atoms with Gasteiger partial charge in [-0.15, -0.1) is 0 Å². The lowest BCUT2D eigenvalue weighted by atomic mass is 10.2. The first-order valence-electron chi connectivity index (χ1n) is 8.20. The number of morpholine rings is 1. The highest BCUT2D eigenvalue weighted by atomic mass is 16.5. The predicted molar refractivity (Wildman–Crippen MR) is 94.7 cm³/mol. The molecule has 0 radical (unpaired) electrons. The van der Waals surface area contributed by atoms with Gasteiger partial charge < -0.3 is 25.3 Å². The average Bonchev–Trinajstić information content (AvgIpc) is 2.64. The number of rotatable bonds is 7. The molecule has 7 heteroatoms. The van der Waals surface area contributed by atoms with Gasteiger partial charge in [-0.1, -0.05) is 6.07 Å². The number of nitrogens with two attached hydrogens (primary N) is 1. The van der Waals surface area contributed by atoms with Gasteiger partial charge in [-0.3, -0.25) is 4.90 Å². The Morgan fingerprint density at radius 3 is 2.67 bits per heavy atom. The van der Waals surface area contributed by atoms with Crippen LogP contribution < -0.4 is 20.5 Å². The van der Waals surface area contributed by atoms with Crippen molar-refractivity contribution in [3.05, 3.63) is 23.8 Å². The Morgan fingerprint density at radius 1 is 1.29 bits per heavy atom. The lowest BCUT2D eigenvalue weighted by Gasteiger charge is -2.32. The molecule has 0 saturated carbocycles. The Kier molecular flexibility index (Phi) is 7.14. The van der Waals surface area contributed by atoms with Gasteiger partial charge in [0.25, 0.3) is 0 Å². The third-order valence-electron chi connectivity index (χ3n) is 4.13. The van der Waals surface area contributed by atoms with Crippen LogP contribution in [-0.4, -0.2) is 64.0 Å². The molecule has 3 N–H and O–H groups in total. The summed E-state index contributed by atoms with van der Waals surface area (Å²) >= 11 is 0. The molecular weight excluding hydrogens is 308 g/mol. The van der Waals surface area contributed by atoms with E-state index in [4.69, 9.17) is 19.9 Å². The number of hydrogen-bond donors (Lipinski definition) is 2. The van der Waals surface area contributed by atoms with Gasteiger partial charge in [0.15, 0.2) is 17.5 Å². The lowest BCUT2D eigenvalue weighted by molar-refractivity contribution is 0.0212. The fraction of sp³-hybridized carbons (Fsp3) is 0.588. The van der Waals surface area contributed by atoms with Crippen molar-refractivity contribution >= 4 is 5.96 Å². The van der Waals surface area contributed by atoms with Crippen molar-refractivity contribution < 1.29 is 14.2 Å². The van der Waals surface area contributed by atoms with Crippen molar-refractivity contribution in [2.75, 3.05) is 47.1 Å². The highest BCUT2D eigenvalue weighted by Crippen LogP contribution is 2.27. The molecule has 0 spiro atoms. The topological polar surface area (TPSA) is 81.3 Å². The van der Waals surface area contributed by atoms with Crippen LogP contribution in [0.2, 0.25) is 0 Å². The van der Waals surface area contributed by atoms with Gasteiger partial charge in [0.1, 0.15) is 0 Å². The molecule has 1 fully saturated rings. The normalized spacial score (nSPS) is 17.4. The molecule has 1 atom stereocenters. The standard InChI is InChI=1S/C17H28N4O3/c1-13(21-6-8-24-9-7-21)11-19-17(18)20-12-14-4-5-15(22-2)16(10-14)23-3/h4-5,10,13H,6-9,11-12H2,1-3H3,(H3,18,19,20). The monoisotopic (exact) mass is 336 g/mol. The van der Waals surface area contributed by atoms with Crippen LogP contribution in [0.4, 0.5) is 0 Å². The smallest absolute Gasteiger partial charge is 0.188 e. The number of nitrogens with one attached hydrogen (secondary N) is 1. The Hall–Kier alpha value is -1.99. The van der Waals surface area contributed by atoms with Gasteiger partial charge in [-0.2, -0.15) is 0 Å². The largest absolute Gasteiger partial charge is 0.493 e. The lowest BCUT2D eigenvalue weighted by Crippen LogP contribution is -2.48. The number of benzene rings is 1. The van der Waals surface area contributed by atoms with E-state index < -0.39 is 0 Å². The third kappa shape index (κ3) is 5.28. The van der Waals surface area contributed by atoms with Crippen LogP contribution in [0.3, 0.4) is 0 Å². The summed E-state index contributed by atoms with van der Waals surface area (Å²) in [4.78, 5) is 6.77. The maximum atomic E-state index is 5.97. The molecule has 0 amide bonds. The minimum Gasteiger partial charge on any atom is -0.493 e. The quantitative estimate of drug-likeness (QED) is 0.567. The minimum atomic E-state index is 0.392. The molecule has 1 heterocycles.